The molecule has 0 aliphatic carbocycles. The highest BCUT2D eigenvalue weighted by atomic mass is 16.6. The summed E-state index contributed by atoms with van der Waals surface area (Å²) in [6, 6.07) is 9.73. The number of hydrogen-bond acceptors (Lipinski definition) is 8. The van der Waals surface area contributed by atoms with E-state index in [0.717, 1.165) is 4.90 Å². The third kappa shape index (κ3) is 4.24. The first-order valence-electron chi connectivity index (χ1n) is 8.56. The molecule has 0 saturated carbocycles. The molecule has 1 N–H and O–H groups in total. The van der Waals surface area contributed by atoms with Gasteiger partial charge in [0.15, 0.2) is 19.0 Å². The quantitative estimate of drug-likeness (QED) is 0.310. The van der Waals surface area contributed by atoms with Crippen molar-refractivity contribution in [3.8, 4) is 5.75 Å². The number of para-hydroxylation sites is 2. The maximum atomic E-state index is 12.0. The van der Waals surface area contributed by atoms with E-state index in [0.29, 0.717) is 0 Å². The second kappa shape index (κ2) is 8.39. The molecule has 11 nitrogen and oxygen atoms in total. The van der Waals surface area contributed by atoms with Gasteiger partial charge in [-0.05, 0) is 24.3 Å². The highest BCUT2D eigenvalue weighted by Crippen LogP contribution is 2.26. The minimum atomic E-state index is -0.903. The topological polar surface area (TPSA) is 145 Å². The van der Waals surface area contributed by atoms with Gasteiger partial charge >= 0.3 is 11.7 Å². The summed E-state index contributed by atoms with van der Waals surface area (Å²) < 4.78 is 9.84. The van der Waals surface area contributed by atoms with Crippen molar-refractivity contribution < 1.29 is 33.6 Å². The number of imide groups is 1. The molecular formula is C19H15N3O8. The molecule has 30 heavy (non-hydrogen) atoms. The largest absolute Gasteiger partial charge is 0.475 e. The maximum absolute atomic E-state index is 12.0. The molecule has 0 saturated heterocycles. The first-order chi connectivity index (χ1) is 14.3. The number of rotatable bonds is 7. The second-order valence-corrected chi connectivity index (χ2v) is 6.15. The molecule has 0 spiro atoms. The van der Waals surface area contributed by atoms with Crippen molar-refractivity contribution in [3.63, 3.8) is 0 Å². The Morgan fingerprint density at radius 1 is 1.07 bits per heavy atom. The molecule has 0 aromatic heterocycles. The van der Waals surface area contributed by atoms with Crippen molar-refractivity contribution in [1.29, 1.82) is 0 Å². The Balaban J connectivity index is 1.51. The van der Waals surface area contributed by atoms with Gasteiger partial charge in [-0.1, -0.05) is 12.1 Å². The lowest BCUT2D eigenvalue weighted by atomic mass is 10.1. The number of ether oxygens (including phenoxy) is 2. The molecule has 0 unspecified atom stereocenters. The summed E-state index contributed by atoms with van der Waals surface area (Å²) in [5.41, 5.74) is 0.343. The lowest BCUT2D eigenvalue weighted by Crippen LogP contribution is -2.24. The van der Waals surface area contributed by atoms with Crippen molar-refractivity contribution in [2.24, 2.45) is 0 Å². The van der Waals surface area contributed by atoms with Crippen LogP contribution in [-0.2, 0) is 14.3 Å². The summed E-state index contributed by atoms with van der Waals surface area (Å²) >= 11 is 0. The molecule has 0 bridgehead atoms. The number of anilines is 1. The van der Waals surface area contributed by atoms with Gasteiger partial charge in [-0.2, -0.15) is 0 Å². The Labute approximate surface area is 169 Å². The van der Waals surface area contributed by atoms with Crippen molar-refractivity contribution in [2.45, 2.75) is 0 Å². The fourth-order valence-corrected chi connectivity index (χ4v) is 2.69. The van der Waals surface area contributed by atoms with E-state index in [9.17, 15) is 29.3 Å². The minimum absolute atomic E-state index is 0.105. The van der Waals surface area contributed by atoms with Gasteiger partial charge in [-0.15, -0.1) is 0 Å². The van der Waals surface area contributed by atoms with E-state index >= 15 is 0 Å². The Morgan fingerprint density at radius 2 is 1.77 bits per heavy atom. The van der Waals surface area contributed by atoms with Crippen LogP contribution >= 0.6 is 0 Å². The molecule has 1 aliphatic heterocycles. The number of nitro benzene ring substituents is 1. The molecule has 2 aromatic rings. The van der Waals surface area contributed by atoms with Gasteiger partial charge in [0.2, 0.25) is 0 Å². The van der Waals surface area contributed by atoms with E-state index in [2.05, 4.69) is 5.32 Å². The van der Waals surface area contributed by atoms with Crippen LogP contribution in [0.2, 0.25) is 0 Å². The van der Waals surface area contributed by atoms with Gasteiger partial charge in [0, 0.05) is 18.8 Å². The average molecular weight is 413 g/mol. The van der Waals surface area contributed by atoms with Gasteiger partial charge in [-0.3, -0.25) is 29.4 Å². The summed E-state index contributed by atoms with van der Waals surface area (Å²) in [4.78, 5) is 58.7. The SMILES string of the molecule is CN1C(=O)c2ccc(NC(=O)COC(=O)COc3ccccc3[N+](=O)[O-])cc2C1=O. The molecule has 0 atom stereocenters. The van der Waals surface area contributed by atoms with Gasteiger partial charge < -0.3 is 14.8 Å². The molecular weight excluding hydrogens is 398 g/mol. The van der Waals surface area contributed by atoms with Crippen LogP contribution in [0.3, 0.4) is 0 Å². The van der Waals surface area contributed by atoms with E-state index in [1.54, 1.807) is 0 Å². The van der Waals surface area contributed by atoms with E-state index < -0.39 is 41.8 Å². The van der Waals surface area contributed by atoms with E-state index in [1.165, 1.54) is 49.5 Å². The monoisotopic (exact) mass is 413 g/mol. The Bertz CT molecular complexity index is 1070. The van der Waals surface area contributed by atoms with Gasteiger partial charge in [0.05, 0.1) is 16.1 Å². The van der Waals surface area contributed by atoms with E-state index in [4.69, 9.17) is 9.47 Å². The van der Waals surface area contributed by atoms with E-state index in [1.807, 2.05) is 0 Å². The number of nitrogens with one attached hydrogen (secondary N) is 1. The van der Waals surface area contributed by atoms with Crippen molar-refractivity contribution in [1.82, 2.24) is 4.90 Å². The summed E-state index contributed by atoms with van der Waals surface area (Å²) in [6.07, 6.45) is 0. The van der Waals surface area contributed by atoms with Crippen molar-refractivity contribution >= 4 is 35.1 Å². The predicted molar refractivity (Wildman–Crippen MR) is 101 cm³/mol. The zero-order chi connectivity index (χ0) is 21.8. The Hall–Kier alpha value is -4.28. The standard InChI is InChI=1S/C19H15N3O8/c1-21-18(25)12-7-6-11(8-13(12)19(21)26)20-16(23)9-30-17(24)10-29-15-5-3-2-4-14(15)22(27)28/h2-8H,9-10H2,1H3,(H,20,23). The number of hydrogen-bond donors (Lipinski definition) is 1. The van der Waals surface area contributed by atoms with E-state index in [-0.39, 0.29) is 28.3 Å². The molecule has 2 aromatic carbocycles. The fourth-order valence-electron chi connectivity index (χ4n) is 2.69. The maximum Gasteiger partial charge on any atom is 0.344 e. The molecule has 3 amide bonds. The van der Waals surface area contributed by atoms with Gasteiger partial charge in [-0.25, -0.2) is 4.79 Å². The van der Waals surface area contributed by atoms with Crippen molar-refractivity contribution in [2.75, 3.05) is 25.6 Å². The van der Waals surface area contributed by atoms with Gasteiger partial charge in [0.1, 0.15) is 0 Å². The summed E-state index contributed by atoms with van der Waals surface area (Å²) in [5.74, 6) is -2.60. The van der Waals surface area contributed by atoms with Crippen LogP contribution in [0.1, 0.15) is 20.7 Å². The summed E-state index contributed by atoms with van der Waals surface area (Å²) in [5, 5.41) is 13.3. The number of amides is 3. The molecule has 3 rings (SSSR count). The first-order valence-corrected chi connectivity index (χ1v) is 8.56. The Kier molecular flexibility index (Phi) is 5.72. The smallest absolute Gasteiger partial charge is 0.344 e. The molecule has 0 radical (unpaired) electrons. The molecule has 1 heterocycles. The van der Waals surface area contributed by atoms with Crippen LogP contribution in [0.25, 0.3) is 0 Å². The number of fused-ring (bicyclic) bond motifs is 1. The summed E-state index contributed by atoms with van der Waals surface area (Å²) in [6.45, 7) is -1.26. The number of carbonyl (C=O) groups is 4. The number of nitro groups is 1. The molecule has 0 fully saturated rings. The van der Waals surface area contributed by atoms with Crippen molar-refractivity contribution in [3.05, 3.63) is 63.7 Å². The average Bonchev–Trinajstić information content (AvgIpc) is 2.94. The number of esters is 1. The van der Waals surface area contributed by atoms with Crippen LogP contribution in [-0.4, -0.2) is 53.8 Å². The third-order valence-corrected chi connectivity index (χ3v) is 4.15. The normalized spacial score (nSPS) is 12.4. The number of benzene rings is 2. The Morgan fingerprint density at radius 3 is 2.50 bits per heavy atom. The van der Waals surface area contributed by atoms with Crippen LogP contribution in [0.4, 0.5) is 11.4 Å². The first kappa shape index (κ1) is 20.5. The fraction of sp³-hybridized carbons (Fsp3) is 0.158. The lowest BCUT2D eigenvalue weighted by Gasteiger charge is -2.08. The second-order valence-electron chi connectivity index (χ2n) is 6.15. The van der Waals surface area contributed by atoms with Crippen LogP contribution < -0.4 is 10.1 Å². The molecule has 11 heteroatoms. The number of nitrogens with zero attached hydrogens (tertiary/aromatic N) is 2. The number of carbonyl (C=O) groups excluding carboxylic acids is 4. The lowest BCUT2D eigenvalue weighted by molar-refractivity contribution is -0.385. The zero-order valence-corrected chi connectivity index (χ0v) is 15.6. The van der Waals surface area contributed by atoms with Crippen LogP contribution in [0, 0.1) is 10.1 Å². The summed E-state index contributed by atoms with van der Waals surface area (Å²) in [7, 11) is 1.36. The molecule has 154 valence electrons. The molecule has 1 aliphatic rings. The predicted octanol–water partition coefficient (Wildman–Crippen LogP) is 1.38. The van der Waals surface area contributed by atoms with Crippen LogP contribution in [0.15, 0.2) is 42.5 Å². The van der Waals surface area contributed by atoms with Crippen LogP contribution in [0.5, 0.6) is 5.75 Å². The highest BCUT2D eigenvalue weighted by molar-refractivity contribution is 6.21. The highest BCUT2D eigenvalue weighted by Gasteiger charge is 2.32. The zero-order valence-electron chi connectivity index (χ0n) is 15.6. The van der Waals surface area contributed by atoms with Gasteiger partial charge in [0.25, 0.3) is 17.7 Å². The minimum Gasteiger partial charge on any atom is -0.475 e. The third-order valence-electron chi connectivity index (χ3n) is 4.15.